The molecular formula is C33H28F4N6O4. The monoisotopic (exact) mass is 648 g/mol. The number of nitrogens with one attached hydrogen (secondary N) is 2. The largest absolute Gasteiger partial charge is 0.482 e. The minimum absolute atomic E-state index is 0.102. The molecule has 14 heteroatoms. The molecule has 0 aliphatic carbocycles. The molecule has 1 aliphatic heterocycles. The van der Waals surface area contributed by atoms with Gasteiger partial charge in [-0.2, -0.15) is 18.2 Å². The third-order valence-corrected chi connectivity index (χ3v) is 7.28. The van der Waals surface area contributed by atoms with Gasteiger partial charge in [0.15, 0.2) is 12.3 Å². The van der Waals surface area contributed by atoms with Gasteiger partial charge in [0.05, 0.1) is 25.3 Å². The van der Waals surface area contributed by atoms with Crippen LogP contribution in [0.4, 0.5) is 34.9 Å². The number of nitrogens with zero attached hydrogens (tertiary/aromatic N) is 4. The van der Waals surface area contributed by atoms with Crippen LogP contribution in [0.3, 0.4) is 0 Å². The smallest absolute Gasteiger partial charge is 0.422 e. The normalized spacial score (nSPS) is 13.4. The Morgan fingerprint density at radius 2 is 1.64 bits per heavy atom. The topological polar surface area (TPSA) is 110 Å². The summed E-state index contributed by atoms with van der Waals surface area (Å²) in [6, 6.07) is 20.7. The second kappa shape index (κ2) is 13.5. The predicted molar refractivity (Wildman–Crippen MR) is 165 cm³/mol. The number of benzene rings is 3. The summed E-state index contributed by atoms with van der Waals surface area (Å²) in [6.07, 6.45) is -2.75. The van der Waals surface area contributed by atoms with Crippen molar-refractivity contribution in [1.29, 1.82) is 0 Å². The number of alkyl halides is 3. The highest BCUT2D eigenvalue weighted by molar-refractivity contribution is 5.95. The van der Waals surface area contributed by atoms with Gasteiger partial charge >= 0.3 is 6.18 Å². The quantitative estimate of drug-likeness (QED) is 0.192. The van der Waals surface area contributed by atoms with E-state index < -0.39 is 12.8 Å². The van der Waals surface area contributed by atoms with Crippen LogP contribution in [0.5, 0.6) is 5.75 Å². The Morgan fingerprint density at radius 1 is 0.915 bits per heavy atom. The zero-order valence-corrected chi connectivity index (χ0v) is 24.8. The van der Waals surface area contributed by atoms with Crippen LogP contribution in [0, 0.1) is 5.82 Å². The summed E-state index contributed by atoms with van der Waals surface area (Å²) in [6.45, 7) is -0.0224. The highest BCUT2D eigenvalue weighted by Gasteiger charge is 2.29. The van der Waals surface area contributed by atoms with E-state index in [1.807, 2.05) is 18.2 Å². The molecule has 10 nitrogen and oxygen atoms in total. The van der Waals surface area contributed by atoms with E-state index in [1.165, 1.54) is 34.8 Å². The minimum atomic E-state index is -4.59. The number of ether oxygens (including phenoxy) is 2. The molecule has 242 valence electrons. The fourth-order valence-electron chi connectivity index (χ4n) is 4.95. The Bertz CT molecular complexity index is 1890. The summed E-state index contributed by atoms with van der Waals surface area (Å²) >= 11 is 0. The first-order valence-corrected chi connectivity index (χ1v) is 14.6. The van der Waals surface area contributed by atoms with Crippen molar-refractivity contribution >= 4 is 34.8 Å². The molecule has 5 aromatic rings. The van der Waals surface area contributed by atoms with E-state index in [-0.39, 0.29) is 47.0 Å². The minimum Gasteiger partial charge on any atom is -0.482 e. The van der Waals surface area contributed by atoms with Crippen molar-refractivity contribution in [2.45, 2.75) is 12.6 Å². The Hall–Kier alpha value is -5.50. The number of aromatic nitrogens is 3. The molecule has 6 rings (SSSR count). The number of morpholine rings is 1. The first-order valence-electron chi connectivity index (χ1n) is 14.6. The molecule has 0 bridgehead atoms. The molecule has 3 aromatic carbocycles. The van der Waals surface area contributed by atoms with Crippen LogP contribution in [-0.4, -0.2) is 70.4 Å². The predicted octanol–water partition coefficient (Wildman–Crippen LogP) is 5.87. The van der Waals surface area contributed by atoms with Gasteiger partial charge < -0.3 is 25.0 Å². The standard InChI is InChI=1S/C33H28F4N6O4/c34-25-7-1-21(2-8-25)17-30(44)38-26-9-3-22(4-10-26)24-6-12-29-40-32(41-43(29)19-24)39-27-11-5-23(18-28(27)47-20-33(35,36)37)31(45)42-13-15-46-16-14-42/h1-12,18-19H,13-17,20H2,(H,38,44)(H,39,41). The van der Waals surface area contributed by atoms with Gasteiger partial charge in [-0.25, -0.2) is 8.91 Å². The van der Waals surface area contributed by atoms with Crippen LogP contribution >= 0.6 is 0 Å². The zero-order chi connectivity index (χ0) is 33.0. The number of rotatable bonds is 9. The van der Waals surface area contributed by atoms with Crippen LogP contribution in [-0.2, 0) is 16.0 Å². The van der Waals surface area contributed by atoms with Crippen molar-refractivity contribution in [3.05, 3.63) is 102 Å². The van der Waals surface area contributed by atoms with Gasteiger partial charge in [0.1, 0.15) is 11.6 Å². The molecule has 0 unspecified atom stereocenters. The fraction of sp³-hybridized carbons (Fsp3) is 0.212. The summed E-state index contributed by atoms with van der Waals surface area (Å²) in [5.41, 5.74) is 3.71. The van der Waals surface area contributed by atoms with Crippen LogP contribution in [0.15, 0.2) is 85.1 Å². The molecule has 0 saturated carbocycles. The lowest BCUT2D eigenvalue weighted by molar-refractivity contribution is -0.153. The maximum atomic E-state index is 13.1. The molecule has 0 spiro atoms. The first-order chi connectivity index (χ1) is 22.6. The second-order valence-corrected chi connectivity index (χ2v) is 10.7. The van der Waals surface area contributed by atoms with E-state index in [1.54, 1.807) is 41.4 Å². The van der Waals surface area contributed by atoms with E-state index in [0.717, 1.165) is 11.1 Å². The number of amides is 2. The number of halogens is 4. The Balaban J connectivity index is 1.16. The van der Waals surface area contributed by atoms with Gasteiger partial charge in [-0.15, -0.1) is 5.10 Å². The Kier molecular flexibility index (Phi) is 9.02. The maximum absolute atomic E-state index is 13.1. The van der Waals surface area contributed by atoms with Gasteiger partial charge in [-0.1, -0.05) is 24.3 Å². The lowest BCUT2D eigenvalue weighted by Gasteiger charge is -2.27. The Labute approximate surface area is 265 Å². The zero-order valence-electron chi connectivity index (χ0n) is 24.8. The fourth-order valence-corrected chi connectivity index (χ4v) is 4.95. The molecule has 2 N–H and O–H groups in total. The molecular weight excluding hydrogens is 620 g/mol. The first kappa shape index (κ1) is 31.5. The molecule has 2 amide bonds. The third-order valence-electron chi connectivity index (χ3n) is 7.28. The SMILES string of the molecule is O=C(Cc1ccc(F)cc1)Nc1ccc(-c2ccc3nc(Nc4ccc(C(=O)N5CCOCC5)cc4OCC(F)(F)F)nn3c2)cc1. The van der Waals surface area contributed by atoms with Gasteiger partial charge in [0.25, 0.3) is 5.91 Å². The highest BCUT2D eigenvalue weighted by atomic mass is 19.4. The molecule has 1 aliphatic rings. The van der Waals surface area contributed by atoms with Crippen molar-refractivity contribution < 1.29 is 36.6 Å². The molecule has 0 radical (unpaired) electrons. The van der Waals surface area contributed by atoms with Crippen LogP contribution < -0.4 is 15.4 Å². The number of carbonyl (C=O) groups is 2. The molecule has 1 saturated heterocycles. The van der Waals surface area contributed by atoms with Crippen LogP contribution in [0.1, 0.15) is 15.9 Å². The van der Waals surface area contributed by atoms with Gasteiger partial charge in [-0.3, -0.25) is 9.59 Å². The van der Waals surface area contributed by atoms with E-state index >= 15 is 0 Å². The van der Waals surface area contributed by atoms with Crippen molar-refractivity contribution in [2.75, 3.05) is 43.5 Å². The average Bonchev–Trinajstić information content (AvgIpc) is 3.47. The molecule has 0 atom stereocenters. The van der Waals surface area contributed by atoms with E-state index in [2.05, 4.69) is 20.7 Å². The summed E-state index contributed by atoms with van der Waals surface area (Å²) in [7, 11) is 0. The summed E-state index contributed by atoms with van der Waals surface area (Å²) in [5, 5.41) is 10.2. The third kappa shape index (κ3) is 8.02. The van der Waals surface area contributed by atoms with Gasteiger partial charge in [0, 0.05) is 36.1 Å². The lowest BCUT2D eigenvalue weighted by atomic mass is 10.1. The van der Waals surface area contributed by atoms with Gasteiger partial charge in [-0.05, 0) is 65.7 Å². The lowest BCUT2D eigenvalue weighted by Crippen LogP contribution is -2.40. The van der Waals surface area contributed by atoms with E-state index in [9.17, 15) is 27.2 Å². The van der Waals surface area contributed by atoms with E-state index in [0.29, 0.717) is 43.2 Å². The van der Waals surface area contributed by atoms with Gasteiger partial charge in [0.2, 0.25) is 11.9 Å². The molecule has 1 fully saturated rings. The summed E-state index contributed by atoms with van der Waals surface area (Å²) in [4.78, 5) is 31.3. The average molecular weight is 649 g/mol. The maximum Gasteiger partial charge on any atom is 0.422 e. The van der Waals surface area contributed by atoms with Crippen molar-refractivity contribution in [2.24, 2.45) is 0 Å². The summed E-state index contributed by atoms with van der Waals surface area (Å²) < 4.78 is 64.1. The number of hydrogen-bond donors (Lipinski definition) is 2. The summed E-state index contributed by atoms with van der Waals surface area (Å²) in [5.74, 6) is -1.01. The Morgan fingerprint density at radius 3 is 2.36 bits per heavy atom. The number of carbonyl (C=O) groups excluding carboxylic acids is 2. The second-order valence-electron chi connectivity index (χ2n) is 10.7. The number of pyridine rings is 1. The number of fused-ring (bicyclic) bond motifs is 1. The van der Waals surface area contributed by atoms with Crippen molar-refractivity contribution in [3.8, 4) is 16.9 Å². The van der Waals surface area contributed by atoms with Crippen molar-refractivity contribution in [1.82, 2.24) is 19.5 Å². The van der Waals surface area contributed by atoms with Crippen LogP contribution in [0.25, 0.3) is 16.8 Å². The molecule has 47 heavy (non-hydrogen) atoms. The number of hydrogen-bond acceptors (Lipinski definition) is 7. The molecule has 3 heterocycles. The van der Waals surface area contributed by atoms with Crippen LogP contribution in [0.2, 0.25) is 0 Å². The number of anilines is 3. The van der Waals surface area contributed by atoms with E-state index in [4.69, 9.17) is 9.47 Å². The molecule has 2 aromatic heterocycles. The highest BCUT2D eigenvalue weighted by Crippen LogP contribution is 2.31. The van der Waals surface area contributed by atoms with Crippen molar-refractivity contribution in [3.63, 3.8) is 0 Å².